The summed E-state index contributed by atoms with van der Waals surface area (Å²) >= 11 is 0. The van der Waals surface area contributed by atoms with Crippen LogP contribution in [0.4, 0.5) is 24.5 Å². The van der Waals surface area contributed by atoms with Gasteiger partial charge < -0.3 is 5.73 Å². The van der Waals surface area contributed by atoms with E-state index in [-0.39, 0.29) is 6.07 Å². The molecule has 1 aromatic rings. The Morgan fingerprint density at radius 2 is 1.94 bits per heavy atom. The Bertz CT molecular complexity index is 515. The van der Waals surface area contributed by atoms with Crippen LogP contribution in [-0.2, 0) is 6.18 Å². The van der Waals surface area contributed by atoms with E-state index in [9.17, 15) is 28.1 Å². The summed E-state index contributed by atoms with van der Waals surface area (Å²) in [5.41, 5.74) is 3.04. The monoisotopic (exact) mass is 264 g/mol. The molecule has 0 atom stereocenters. The molecule has 0 radical (unpaired) electrons. The zero-order valence-electron chi connectivity index (χ0n) is 8.62. The molecule has 0 aliphatic heterocycles. The third kappa shape index (κ3) is 2.48. The van der Waals surface area contributed by atoms with Crippen molar-refractivity contribution in [3.05, 3.63) is 33.4 Å². The van der Waals surface area contributed by atoms with Crippen LogP contribution >= 0.6 is 0 Å². The fourth-order valence-corrected chi connectivity index (χ4v) is 1.22. The Labute approximate surface area is 97.7 Å². The topological polar surface area (TPSA) is 124 Å². The Balaban J connectivity index is 3.57. The van der Waals surface area contributed by atoms with Crippen molar-refractivity contribution in [2.24, 2.45) is 5.84 Å². The SMILES string of the molecule is NNC(=O)c1cc(C(F)(F)F)cc([N+](=O)[O-])c1N. The van der Waals surface area contributed by atoms with Gasteiger partial charge in [-0.3, -0.25) is 20.3 Å². The van der Waals surface area contributed by atoms with Crippen LogP contribution in [-0.4, -0.2) is 10.8 Å². The first-order valence-electron chi connectivity index (χ1n) is 4.34. The first-order valence-corrected chi connectivity index (χ1v) is 4.34. The van der Waals surface area contributed by atoms with Crippen LogP contribution in [0.25, 0.3) is 0 Å². The highest BCUT2D eigenvalue weighted by Gasteiger charge is 2.35. The molecule has 0 aliphatic carbocycles. The van der Waals surface area contributed by atoms with Gasteiger partial charge in [-0.05, 0) is 6.07 Å². The van der Waals surface area contributed by atoms with Gasteiger partial charge >= 0.3 is 6.18 Å². The number of hydrazine groups is 1. The summed E-state index contributed by atoms with van der Waals surface area (Å²) in [7, 11) is 0. The third-order valence-corrected chi connectivity index (χ3v) is 2.06. The Kier molecular flexibility index (Phi) is 3.42. The summed E-state index contributed by atoms with van der Waals surface area (Å²) in [4.78, 5) is 20.6. The summed E-state index contributed by atoms with van der Waals surface area (Å²) in [5, 5.41) is 10.6. The first kappa shape index (κ1) is 13.7. The summed E-state index contributed by atoms with van der Waals surface area (Å²) < 4.78 is 37.5. The number of nitrogens with two attached hydrogens (primary N) is 2. The normalized spacial score (nSPS) is 11.1. The lowest BCUT2D eigenvalue weighted by Gasteiger charge is -2.10. The second kappa shape index (κ2) is 4.49. The smallest absolute Gasteiger partial charge is 0.393 e. The minimum absolute atomic E-state index is 0.253. The van der Waals surface area contributed by atoms with Crippen LogP contribution in [0.3, 0.4) is 0 Å². The number of nitrogen functional groups attached to an aromatic ring is 2. The minimum atomic E-state index is -4.85. The zero-order valence-corrected chi connectivity index (χ0v) is 8.62. The van der Waals surface area contributed by atoms with Gasteiger partial charge in [0.1, 0.15) is 5.69 Å². The van der Waals surface area contributed by atoms with Crippen LogP contribution in [0.5, 0.6) is 0 Å². The molecule has 5 N–H and O–H groups in total. The number of hydrogen-bond donors (Lipinski definition) is 3. The highest BCUT2D eigenvalue weighted by atomic mass is 19.4. The van der Waals surface area contributed by atoms with Crippen molar-refractivity contribution < 1.29 is 22.9 Å². The average molecular weight is 264 g/mol. The van der Waals surface area contributed by atoms with Crippen LogP contribution in [0.1, 0.15) is 15.9 Å². The Hall–Kier alpha value is -2.36. The maximum absolute atomic E-state index is 12.5. The van der Waals surface area contributed by atoms with Gasteiger partial charge in [0.25, 0.3) is 11.6 Å². The van der Waals surface area contributed by atoms with Crippen molar-refractivity contribution in [1.29, 1.82) is 0 Å². The van der Waals surface area contributed by atoms with E-state index in [4.69, 9.17) is 11.6 Å². The number of anilines is 1. The van der Waals surface area contributed by atoms with Gasteiger partial charge in [-0.15, -0.1) is 0 Å². The van der Waals surface area contributed by atoms with Gasteiger partial charge in [-0.1, -0.05) is 0 Å². The molecule has 0 fully saturated rings. The number of alkyl halides is 3. The zero-order chi connectivity index (χ0) is 14.1. The molecule has 0 aliphatic rings. The summed E-state index contributed by atoms with van der Waals surface area (Å²) in [5.74, 6) is 3.60. The van der Waals surface area contributed by atoms with Gasteiger partial charge in [0, 0.05) is 6.07 Å². The summed E-state index contributed by atoms with van der Waals surface area (Å²) in [6.45, 7) is 0. The molecule has 1 aromatic carbocycles. The number of amides is 1. The lowest BCUT2D eigenvalue weighted by Crippen LogP contribution is -2.31. The molecule has 98 valence electrons. The van der Waals surface area contributed by atoms with Crippen molar-refractivity contribution in [3.63, 3.8) is 0 Å². The van der Waals surface area contributed by atoms with Crippen molar-refractivity contribution in [1.82, 2.24) is 5.43 Å². The molecule has 0 bridgehead atoms. The van der Waals surface area contributed by atoms with E-state index in [2.05, 4.69) is 0 Å². The quantitative estimate of drug-likeness (QED) is 0.239. The largest absolute Gasteiger partial charge is 0.416 e. The maximum Gasteiger partial charge on any atom is 0.416 e. The fourth-order valence-electron chi connectivity index (χ4n) is 1.22. The van der Waals surface area contributed by atoms with Gasteiger partial charge in [0.2, 0.25) is 0 Å². The Morgan fingerprint density at radius 3 is 2.33 bits per heavy atom. The van der Waals surface area contributed by atoms with E-state index >= 15 is 0 Å². The number of carbonyl (C=O) groups is 1. The molecule has 7 nitrogen and oxygen atoms in total. The Morgan fingerprint density at radius 1 is 1.39 bits per heavy atom. The maximum atomic E-state index is 12.5. The van der Waals surface area contributed by atoms with Crippen molar-refractivity contribution in [2.45, 2.75) is 6.18 Å². The average Bonchev–Trinajstić information content (AvgIpc) is 2.26. The number of halogens is 3. The highest BCUT2D eigenvalue weighted by molar-refractivity contribution is 6.01. The second-order valence-corrected chi connectivity index (χ2v) is 3.18. The van der Waals surface area contributed by atoms with Gasteiger partial charge in [-0.25, -0.2) is 5.84 Å². The number of nitro benzene ring substituents is 1. The van der Waals surface area contributed by atoms with E-state index in [1.54, 1.807) is 5.43 Å². The highest BCUT2D eigenvalue weighted by Crippen LogP contribution is 2.36. The molecule has 1 rings (SSSR count). The lowest BCUT2D eigenvalue weighted by molar-refractivity contribution is -0.384. The third-order valence-electron chi connectivity index (χ3n) is 2.06. The number of carbonyl (C=O) groups excluding carboxylic acids is 1. The van der Waals surface area contributed by atoms with Gasteiger partial charge in [0.15, 0.2) is 0 Å². The number of hydrogen-bond acceptors (Lipinski definition) is 5. The fraction of sp³-hybridized carbons (Fsp3) is 0.125. The first-order chi connectivity index (χ1) is 8.18. The molecular weight excluding hydrogens is 257 g/mol. The van der Waals surface area contributed by atoms with E-state index in [0.717, 1.165) is 0 Å². The van der Waals surface area contributed by atoms with Gasteiger partial charge in [0.05, 0.1) is 16.1 Å². The van der Waals surface area contributed by atoms with Crippen molar-refractivity contribution in [3.8, 4) is 0 Å². The number of nitrogens with zero attached hydrogens (tertiary/aromatic N) is 1. The number of nitrogens with one attached hydrogen (secondary N) is 1. The van der Waals surface area contributed by atoms with Gasteiger partial charge in [-0.2, -0.15) is 13.2 Å². The number of nitro groups is 1. The second-order valence-electron chi connectivity index (χ2n) is 3.18. The van der Waals surface area contributed by atoms with Crippen LogP contribution in [0.15, 0.2) is 12.1 Å². The van der Waals surface area contributed by atoms with Crippen LogP contribution in [0, 0.1) is 10.1 Å². The molecule has 0 spiro atoms. The molecule has 1 amide bonds. The number of rotatable bonds is 2. The van der Waals surface area contributed by atoms with E-state index in [1.807, 2.05) is 0 Å². The van der Waals surface area contributed by atoms with Crippen LogP contribution in [0.2, 0.25) is 0 Å². The minimum Gasteiger partial charge on any atom is -0.393 e. The molecule has 10 heteroatoms. The van der Waals surface area contributed by atoms with Crippen LogP contribution < -0.4 is 17.0 Å². The molecule has 0 aromatic heterocycles. The summed E-state index contributed by atoms with van der Waals surface area (Å²) in [6, 6.07) is 0.646. The molecular formula is C8H7F3N4O3. The van der Waals surface area contributed by atoms with E-state index < -0.39 is 39.5 Å². The van der Waals surface area contributed by atoms with Crippen molar-refractivity contribution in [2.75, 3.05) is 5.73 Å². The molecule has 0 heterocycles. The number of benzene rings is 1. The molecule has 18 heavy (non-hydrogen) atoms. The standard InChI is InChI=1S/C8H7F3N4O3/c9-8(10,11)3-1-4(7(16)14-13)6(12)5(2-3)15(17)18/h1-2H,12-13H2,(H,14,16). The molecule has 0 saturated heterocycles. The summed E-state index contributed by atoms with van der Waals surface area (Å²) in [6.07, 6.45) is -4.85. The predicted octanol–water partition coefficient (Wildman–Crippen LogP) is 0.799. The van der Waals surface area contributed by atoms with E-state index in [1.165, 1.54) is 0 Å². The predicted molar refractivity (Wildman–Crippen MR) is 54.2 cm³/mol. The van der Waals surface area contributed by atoms with Crippen molar-refractivity contribution >= 4 is 17.3 Å². The molecule has 0 saturated carbocycles. The van der Waals surface area contributed by atoms with E-state index in [0.29, 0.717) is 6.07 Å². The molecule has 0 unspecified atom stereocenters. The lowest BCUT2D eigenvalue weighted by atomic mass is 10.1.